The van der Waals surface area contributed by atoms with E-state index in [0.717, 1.165) is 19.4 Å². The summed E-state index contributed by atoms with van der Waals surface area (Å²) in [5.74, 6) is 1.33. The topological polar surface area (TPSA) is 71.3 Å². The lowest BCUT2D eigenvalue weighted by atomic mass is 10.1. The Kier molecular flexibility index (Phi) is 6.26. The smallest absolute Gasteiger partial charge is 0.273 e. The number of nitrogens with one attached hydrogen (secondary N) is 2. The number of hydrogen-bond acceptors (Lipinski definition) is 4. The standard InChI is InChI=1S/C15H26N2O3S/c1-2-10-16-12-14-7-8-15(20-14)21(18,19)17-11-9-13-5-3-4-6-13/h7-8,13,16-17H,2-6,9-12H2,1H3. The van der Waals surface area contributed by atoms with Gasteiger partial charge < -0.3 is 9.73 Å². The quantitative estimate of drug-likeness (QED) is 0.687. The summed E-state index contributed by atoms with van der Waals surface area (Å²) in [5, 5.41) is 3.20. The van der Waals surface area contributed by atoms with Crippen LogP contribution in [0.15, 0.2) is 21.6 Å². The Bertz CT molecular complexity index is 519. The van der Waals surface area contributed by atoms with Gasteiger partial charge >= 0.3 is 0 Å². The molecule has 0 aliphatic heterocycles. The fourth-order valence-corrected chi connectivity index (χ4v) is 3.75. The molecule has 1 aliphatic carbocycles. The van der Waals surface area contributed by atoms with Crippen LogP contribution in [-0.2, 0) is 16.6 Å². The van der Waals surface area contributed by atoms with Crippen molar-refractivity contribution in [1.82, 2.24) is 10.0 Å². The van der Waals surface area contributed by atoms with E-state index < -0.39 is 10.0 Å². The van der Waals surface area contributed by atoms with E-state index in [1.54, 1.807) is 6.07 Å². The first kappa shape index (κ1) is 16.5. The predicted molar refractivity (Wildman–Crippen MR) is 82.5 cm³/mol. The lowest BCUT2D eigenvalue weighted by molar-refractivity contribution is 0.398. The van der Waals surface area contributed by atoms with Crippen molar-refractivity contribution in [2.75, 3.05) is 13.1 Å². The van der Waals surface area contributed by atoms with Crippen molar-refractivity contribution >= 4 is 10.0 Å². The Hall–Kier alpha value is -0.850. The molecule has 0 aromatic carbocycles. The van der Waals surface area contributed by atoms with E-state index in [1.807, 2.05) is 0 Å². The van der Waals surface area contributed by atoms with Crippen LogP contribution in [0.2, 0.25) is 0 Å². The monoisotopic (exact) mass is 314 g/mol. The Labute approximate surface area is 127 Å². The Morgan fingerprint density at radius 1 is 1.24 bits per heavy atom. The van der Waals surface area contributed by atoms with Gasteiger partial charge in [0.15, 0.2) is 0 Å². The fourth-order valence-electron chi connectivity index (χ4n) is 2.75. The predicted octanol–water partition coefficient (Wildman–Crippen LogP) is 2.64. The molecule has 0 amide bonds. The molecule has 1 fully saturated rings. The first-order valence-electron chi connectivity index (χ1n) is 7.91. The van der Waals surface area contributed by atoms with Crippen molar-refractivity contribution in [1.29, 1.82) is 0 Å². The van der Waals surface area contributed by atoms with Crippen LogP contribution in [0.4, 0.5) is 0 Å². The number of hydrogen-bond donors (Lipinski definition) is 2. The van der Waals surface area contributed by atoms with Gasteiger partial charge in [0.25, 0.3) is 10.0 Å². The van der Waals surface area contributed by atoms with Crippen molar-refractivity contribution in [3.8, 4) is 0 Å². The zero-order valence-corrected chi connectivity index (χ0v) is 13.5. The maximum absolute atomic E-state index is 12.1. The Morgan fingerprint density at radius 3 is 2.71 bits per heavy atom. The third-order valence-electron chi connectivity index (χ3n) is 3.95. The minimum atomic E-state index is -3.51. The highest BCUT2D eigenvalue weighted by Crippen LogP contribution is 2.27. The molecule has 1 aromatic heterocycles. The summed E-state index contributed by atoms with van der Waals surface area (Å²) >= 11 is 0. The summed E-state index contributed by atoms with van der Waals surface area (Å²) in [5.41, 5.74) is 0. The van der Waals surface area contributed by atoms with Gasteiger partial charge in [-0.1, -0.05) is 32.6 Å². The highest BCUT2D eigenvalue weighted by atomic mass is 32.2. The van der Waals surface area contributed by atoms with Crippen molar-refractivity contribution in [2.24, 2.45) is 5.92 Å². The second-order valence-electron chi connectivity index (χ2n) is 5.73. The molecule has 5 nitrogen and oxygen atoms in total. The summed E-state index contributed by atoms with van der Waals surface area (Å²) < 4.78 is 32.3. The molecular weight excluding hydrogens is 288 g/mol. The molecule has 1 aliphatic rings. The first-order chi connectivity index (χ1) is 10.1. The summed E-state index contributed by atoms with van der Waals surface area (Å²) in [6.07, 6.45) is 6.98. The number of sulfonamides is 1. The van der Waals surface area contributed by atoms with E-state index in [1.165, 1.54) is 31.7 Å². The molecule has 1 saturated carbocycles. The molecule has 1 heterocycles. The molecule has 6 heteroatoms. The Morgan fingerprint density at radius 2 is 2.00 bits per heavy atom. The van der Waals surface area contributed by atoms with Crippen LogP contribution < -0.4 is 10.0 Å². The van der Waals surface area contributed by atoms with Crippen molar-refractivity contribution in [3.63, 3.8) is 0 Å². The molecule has 0 radical (unpaired) electrons. The van der Waals surface area contributed by atoms with Gasteiger partial charge in [0.1, 0.15) is 5.76 Å². The lowest BCUT2D eigenvalue weighted by Gasteiger charge is -2.09. The number of furan rings is 1. The molecule has 0 unspecified atom stereocenters. The van der Waals surface area contributed by atoms with Crippen molar-refractivity contribution in [2.45, 2.75) is 57.1 Å². The van der Waals surface area contributed by atoms with E-state index >= 15 is 0 Å². The van der Waals surface area contributed by atoms with Gasteiger partial charge in [-0.2, -0.15) is 0 Å². The largest absolute Gasteiger partial charge is 0.447 e. The summed E-state index contributed by atoms with van der Waals surface area (Å²) in [7, 11) is -3.51. The molecule has 21 heavy (non-hydrogen) atoms. The van der Waals surface area contributed by atoms with Gasteiger partial charge in [0.05, 0.1) is 6.54 Å². The van der Waals surface area contributed by atoms with Gasteiger partial charge in [-0.25, -0.2) is 13.1 Å². The minimum Gasteiger partial charge on any atom is -0.447 e. The van der Waals surface area contributed by atoms with Crippen LogP contribution in [0.5, 0.6) is 0 Å². The van der Waals surface area contributed by atoms with Gasteiger partial charge in [0.2, 0.25) is 5.09 Å². The van der Waals surface area contributed by atoms with Gasteiger partial charge in [-0.05, 0) is 37.4 Å². The molecule has 0 saturated heterocycles. The summed E-state index contributed by atoms with van der Waals surface area (Å²) in [6, 6.07) is 3.25. The van der Waals surface area contributed by atoms with E-state index in [0.29, 0.717) is 24.8 Å². The van der Waals surface area contributed by atoms with Crippen LogP contribution in [0.3, 0.4) is 0 Å². The molecule has 0 bridgehead atoms. The second kappa shape index (κ2) is 7.96. The minimum absolute atomic E-state index is 0.0159. The molecule has 0 spiro atoms. The highest BCUT2D eigenvalue weighted by Gasteiger charge is 2.20. The van der Waals surface area contributed by atoms with Crippen molar-refractivity contribution < 1.29 is 12.8 Å². The Balaban J connectivity index is 1.80. The second-order valence-corrected chi connectivity index (χ2v) is 7.43. The molecular formula is C15H26N2O3S. The first-order valence-corrected chi connectivity index (χ1v) is 9.39. The average molecular weight is 314 g/mol. The van der Waals surface area contributed by atoms with Gasteiger partial charge in [-0.15, -0.1) is 0 Å². The maximum atomic E-state index is 12.1. The normalized spacial score (nSPS) is 16.6. The maximum Gasteiger partial charge on any atom is 0.273 e. The third-order valence-corrected chi connectivity index (χ3v) is 5.28. The van der Waals surface area contributed by atoms with E-state index in [9.17, 15) is 8.42 Å². The van der Waals surface area contributed by atoms with E-state index in [-0.39, 0.29) is 5.09 Å². The van der Waals surface area contributed by atoms with Crippen LogP contribution >= 0.6 is 0 Å². The zero-order valence-electron chi connectivity index (χ0n) is 12.7. The SMILES string of the molecule is CCCNCc1ccc(S(=O)(=O)NCCC2CCCC2)o1. The van der Waals surface area contributed by atoms with Gasteiger partial charge in [-0.3, -0.25) is 0 Å². The highest BCUT2D eigenvalue weighted by molar-refractivity contribution is 7.89. The third kappa shape index (κ3) is 5.13. The fraction of sp³-hybridized carbons (Fsp3) is 0.733. The molecule has 120 valence electrons. The zero-order chi connectivity index (χ0) is 15.1. The van der Waals surface area contributed by atoms with Crippen LogP contribution in [-0.4, -0.2) is 21.5 Å². The summed E-state index contributed by atoms with van der Waals surface area (Å²) in [6.45, 7) is 4.03. The van der Waals surface area contributed by atoms with Crippen molar-refractivity contribution in [3.05, 3.63) is 17.9 Å². The van der Waals surface area contributed by atoms with E-state index in [2.05, 4.69) is 17.0 Å². The van der Waals surface area contributed by atoms with Gasteiger partial charge in [0, 0.05) is 6.54 Å². The summed E-state index contributed by atoms with van der Waals surface area (Å²) in [4.78, 5) is 0. The lowest BCUT2D eigenvalue weighted by Crippen LogP contribution is -2.25. The van der Waals surface area contributed by atoms with Crippen LogP contribution in [0.25, 0.3) is 0 Å². The van der Waals surface area contributed by atoms with Crippen LogP contribution in [0, 0.1) is 5.92 Å². The molecule has 2 rings (SSSR count). The number of rotatable bonds is 9. The molecule has 2 N–H and O–H groups in total. The van der Waals surface area contributed by atoms with Crippen LogP contribution in [0.1, 0.15) is 51.2 Å². The molecule has 0 atom stereocenters. The average Bonchev–Trinajstić information content (AvgIpc) is 3.10. The van der Waals surface area contributed by atoms with E-state index in [4.69, 9.17) is 4.42 Å². The molecule has 1 aromatic rings.